The summed E-state index contributed by atoms with van der Waals surface area (Å²) in [5, 5.41) is 13.9. The number of nitro groups is 1. The Labute approximate surface area is 109 Å². The Hall–Kier alpha value is -1.87. The molecule has 0 amide bonds. The Morgan fingerprint density at radius 2 is 2.33 bits per heavy atom. The molecule has 9 heteroatoms. The van der Waals surface area contributed by atoms with Gasteiger partial charge < -0.3 is 14.7 Å². The van der Waals surface area contributed by atoms with Crippen molar-refractivity contribution in [2.24, 2.45) is 7.05 Å². The van der Waals surface area contributed by atoms with E-state index in [2.05, 4.69) is 9.97 Å². The third kappa shape index (κ3) is 1.68. The Morgan fingerprint density at radius 1 is 1.50 bits per heavy atom. The van der Waals surface area contributed by atoms with Gasteiger partial charge in [-0.2, -0.15) is 9.38 Å². The van der Waals surface area contributed by atoms with Crippen molar-refractivity contribution in [1.29, 1.82) is 0 Å². The Balaban J connectivity index is 2.11. The lowest BCUT2D eigenvalue weighted by Crippen LogP contribution is -1.95. The predicted octanol–water partition coefficient (Wildman–Crippen LogP) is 2.19. The zero-order chi connectivity index (χ0) is 12.7. The molecule has 0 aliphatic rings. The summed E-state index contributed by atoms with van der Waals surface area (Å²) in [5.41, 5.74) is 0. The normalized spacial score (nSPS) is 11.2. The van der Waals surface area contributed by atoms with Gasteiger partial charge in [-0.05, 0) is 16.7 Å². The Kier molecular flexibility index (Phi) is 2.56. The topological polar surface area (TPSA) is 78.3 Å². The minimum atomic E-state index is -0.419. The number of rotatable bonds is 3. The van der Waals surface area contributed by atoms with Crippen molar-refractivity contribution in [2.75, 3.05) is 0 Å². The predicted molar refractivity (Wildman–Crippen MR) is 67.1 cm³/mol. The molecule has 0 atom stereocenters. The van der Waals surface area contributed by atoms with Gasteiger partial charge in [0.25, 0.3) is 4.96 Å². The van der Waals surface area contributed by atoms with Gasteiger partial charge in [0, 0.05) is 24.8 Å². The van der Waals surface area contributed by atoms with Crippen molar-refractivity contribution in [2.45, 2.75) is 10.2 Å². The van der Waals surface area contributed by atoms with Gasteiger partial charge in [-0.25, -0.2) is 4.98 Å². The lowest BCUT2D eigenvalue weighted by Gasteiger charge is -1.98. The minimum Gasteiger partial charge on any atom is -0.358 e. The highest BCUT2D eigenvalue weighted by Gasteiger charge is 2.25. The van der Waals surface area contributed by atoms with Crippen LogP contribution in [0.25, 0.3) is 4.96 Å². The van der Waals surface area contributed by atoms with Crippen molar-refractivity contribution in [3.63, 3.8) is 0 Å². The van der Waals surface area contributed by atoms with Gasteiger partial charge in [-0.15, -0.1) is 0 Å². The molecule has 0 spiro atoms. The molecule has 0 aliphatic heterocycles. The molecular formula is C9H7N5O2S2. The second-order valence-corrected chi connectivity index (χ2v) is 5.31. The average molecular weight is 281 g/mol. The summed E-state index contributed by atoms with van der Waals surface area (Å²) in [6.45, 7) is 0. The summed E-state index contributed by atoms with van der Waals surface area (Å²) < 4.78 is 3.28. The van der Waals surface area contributed by atoms with Crippen molar-refractivity contribution >= 4 is 33.9 Å². The van der Waals surface area contributed by atoms with E-state index >= 15 is 0 Å². The number of aryl methyl sites for hydroxylation is 1. The summed E-state index contributed by atoms with van der Waals surface area (Å²) >= 11 is 2.55. The summed E-state index contributed by atoms with van der Waals surface area (Å²) in [5.74, 6) is -0.0146. The largest absolute Gasteiger partial charge is 0.363 e. The molecule has 0 aromatic carbocycles. The zero-order valence-corrected chi connectivity index (χ0v) is 10.8. The summed E-state index contributed by atoms with van der Waals surface area (Å²) in [7, 11) is 1.83. The molecule has 0 unspecified atom stereocenters. The third-order valence-electron chi connectivity index (χ3n) is 2.34. The van der Waals surface area contributed by atoms with Gasteiger partial charge in [-0.3, -0.25) is 0 Å². The van der Waals surface area contributed by atoms with E-state index < -0.39 is 4.92 Å². The number of thiazole rings is 1. The van der Waals surface area contributed by atoms with Crippen LogP contribution < -0.4 is 0 Å². The van der Waals surface area contributed by atoms with Gasteiger partial charge in [-0.1, -0.05) is 11.3 Å². The molecule has 18 heavy (non-hydrogen) atoms. The molecule has 0 bridgehead atoms. The van der Waals surface area contributed by atoms with Gasteiger partial charge in [0.2, 0.25) is 5.03 Å². The number of hydrogen-bond acceptors (Lipinski definition) is 6. The van der Waals surface area contributed by atoms with E-state index in [4.69, 9.17) is 0 Å². The summed E-state index contributed by atoms with van der Waals surface area (Å²) in [6, 6.07) is 0. The fourth-order valence-corrected chi connectivity index (χ4v) is 3.18. The molecule has 0 fully saturated rings. The maximum atomic E-state index is 11.1. The lowest BCUT2D eigenvalue weighted by molar-refractivity contribution is -0.393. The maximum Gasteiger partial charge on any atom is 0.363 e. The summed E-state index contributed by atoms with van der Waals surface area (Å²) in [6.07, 6.45) is 5.08. The van der Waals surface area contributed by atoms with Crippen LogP contribution in [0.5, 0.6) is 0 Å². The van der Waals surface area contributed by atoms with E-state index in [9.17, 15) is 10.1 Å². The van der Waals surface area contributed by atoms with Gasteiger partial charge in [0.05, 0.1) is 0 Å². The first kappa shape index (κ1) is 11.2. The summed E-state index contributed by atoms with van der Waals surface area (Å²) in [4.78, 5) is 19.7. The Bertz CT molecular complexity index is 728. The van der Waals surface area contributed by atoms with E-state index in [0.717, 1.165) is 0 Å². The maximum absolute atomic E-state index is 11.1. The molecule has 0 aliphatic carbocycles. The number of hydrogen-bond donors (Lipinski definition) is 0. The van der Waals surface area contributed by atoms with Crippen LogP contribution in [0.2, 0.25) is 0 Å². The van der Waals surface area contributed by atoms with Crippen molar-refractivity contribution in [1.82, 2.24) is 18.9 Å². The highest BCUT2D eigenvalue weighted by Crippen LogP contribution is 2.34. The highest BCUT2D eigenvalue weighted by molar-refractivity contribution is 7.99. The van der Waals surface area contributed by atoms with E-state index in [0.29, 0.717) is 15.1 Å². The molecule has 0 radical (unpaired) electrons. The van der Waals surface area contributed by atoms with E-state index in [1.54, 1.807) is 28.5 Å². The van der Waals surface area contributed by atoms with Crippen LogP contribution >= 0.6 is 23.1 Å². The lowest BCUT2D eigenvalue weighted by atomic mass is 10.7. The van der Waals surface area contributed by atoms with Gasteiger partial charge in [0.1, 0.15) is 6.20 Å². The quantitative estimate of drug-likeness (QED) is 0.543. The fraction of sp³-hybridized carbons (Fsp3) is 0.111. The standard InChI is InChI=1S/C9H7N5O2S2/c1-12-3-2-10-8(12)18-6-7(14(15)16)13-4-5-17-9(13)11-6/h2-5H,1H3. The van der Waals surface area contributed by atoms with Crippen LogP contribution in [-0.4, -0.2) is 23.9 Å². The number of imidazole rings is 2. The van der Waals surface area contributed by atoms with E-state index in [1.807, 2.05) is 7.05 Å². The second kappa shape index (κ2) is 4.10. The second-order valence-electron chi connectivity index (χ2n) is 3.48. The highest BCUT2D eigenvalue weighted by atomic mass is 32.2. The molecule has 3 heterocycles. The molecular weight excluding hydrogens is 274 g/mol. The van der Waals surface area contributed by atoms with Crippen LogP contribution in [0.3, 0.4) is 0 Å². The van der Waals surface area contributed by atoms with Gasteiger partial charge in [0.15, 0.2) is 5.16 Å². The number of fused-ring (bicyclic) bond motifs is 1. The fourth-order valence-electron chi connectivity index (χ4n) is 1.53. The van der Waals surface area contributed by atoms with Crippen LogP contribution in [0.15, 0.2) is 34.2 Å². The minimum absolute atomic E-state index is 0.0146. The van der Waals surface area contributed by atoms with Gasteiger partial charge >= 0.3 is 5.82 Å². The molecule has 0 N–H and O–H groups in total. The molecule has 0 saturated heterocycles. The van der Waals surface area contributed by atoms with Crippen molar-refractivity contribution in [3.05, 3.63) is 34.1 Å². The van der Waals surface area contributed by atoms with Crippen LogP contribution in [0, 0.1) is 10.1 Å². The number of aromatic nitrogens is 4. The third-order valence-corrected chi connectivity index (χ3v) is 4.14. The molecule has 7 nitrogen and oxygen atoms in total. The first-order chi connectivity index (χ1) is 8.66. The zero-order valence-electron chi connectivity index (χ0n) is 9.18. The van der Waals surface area contributed by atoms with Crippen molar-refractivity contribution < 1.29 is 4.92 Å². The van der Waals surface area contributed by atoms with Crippen LogP contribution in [-0.2, 0) is 7.05 Å². The molecule has 3 aromatic heterocycles. The van der Waals surface area contributed by atoms with Crippen LogP contribution in [0.1, 0.15) is 0 Å². The molecule has 92 valence electrons. The number of nitrogens with zero attached hydrogens (tertiary/aromatic N) is 5. The smallest absolute Gasteiger partial charge is 0.358 e. The molecule has 3 rings (SSSR count). The van der Waals surface area contributed by atoms with E-state index in [1.165, 1.54) is 27.5 Å². The molecule has 3 aromatic rings. The SMILES string of the molecule is Cn1ccnc1Sc1nc2sccn2c1[N+](=O)[O-]. The first-order valence-electron chi connectivity index (χ1n) is 4.92. The monoisotopic (exact) mass is 281 g/mol. The Morgan fingerprint density at radius 3 is 3.00 bits per heavy atom. The molecule has 0 saturated carbocycles. The van der Waals surface area contributed by atoms with Crippen LogP contribution in [0.4, 0.5) is 5.82 Å². The van der Waals surface area contributed by atoms with E-state index in [-0.39, 0.29) is 5.82 Å². The first-order valence-corrected chi connectivity index (χ1v) is 6.61. The van der Waals surface area contributed by atoms with Crippen molar-refractivity contribution in [3.8, 4) is 0 Å². The average Bonchev–Trinajstić information content (AvgIpc) is 2.95.